The molecule has 1 aromatic heterocycles. The molecule has 1 atom stereocenters. The van der Waals surface area contributed by atoms with Crippen molar-refractivity contribution in [2.45, 2.75) is 45.3 Å². The lowest BCUT2D eigenvalue weighted by Crippen LogP contribution is -2.32. The van der Waals surface area contributed by atoms with Gasteiger partial charge in [0.25, 0.3) is 0 Å². The molecule has 5 heteroatoms. The van der Waals surface area contributed by atoms with Gasteiger partial charge in [-0.15, -0.1) is 0 Å². The van der Waals surface area contributed by atoms with E-state index in [1.54, 1.807) is 6.07 Å². The lowest BCUT2D eigenvalue weighted by atomic mass is 10.1. The summed E-state index contributed by atoms with van der Waals surface area (Å²) < 4.78 is 15.4. The van der Waals surface area contributed by atoms with Crippen molar-refractivity contribution in [3.8, 4) is 0 Å². The molecule has 0 spiro atoms. The third-order valence-corrected chi connectivity index (χ3v) is 4.26. The van der Waals surface area contributed by atoms with Crippen molar-refractivity contribution >= 4 is 11.0 Å². The molecule has 1 fully saturated rings. The molecule has 0 amide bonds. The van der Waals surface area contributed by atoms with E-state index in [0.29, 0.717) is 24.0 Å². The maximum atomic E-state index is 13.3. The Kier molecular flexibility index (Phi) is 4.22. The summed E-state index contributed by atoms with van der Waals surface area (Å²) in [6.07, 6.45) is 3.27. The Morgan fingerprint density at radius 2 is 2.29 bits per heavy atom. The van der Waals surface area contributed by atoms with Crippen LogP contribution in [0.4, 0.5) is 4.39 Å². The van der Waals surface area contributed by atoms with Gasteiger partial charge >= 0.3 is 0 Å². The Morgan fingerprint density at radius 3 is 2.95 bits per heavy atom. The van der Waals surface area contributed by atoms with Crippen molar-refractivity contribution in [1.82, 2.24) is 14.9 Å². The summed E-state index contributed by atoms with van der Waals surface area (Å²) in [6.45, 7) is 3.75. The molecule has 0 aliphatic heterocycles. The van der Waals surface area contributed by atoms with E-state index in [9.17, 15) is 4.39 Å². The minimum absolute atomic E-state index is 0.212. The van der Waals surface area contributed by atoms with E-state index in [0.717, 1.165) is 24.3 Å². The van der Waals surface area contributed by atoms with Crippen LogP contribution < -0.4 is 5.32 Å². The Hall–Kier alpha value is -1.46. The number of hydrogen-bond donors (Lipinski definition) is 2. The molecule has 0 unspecified atom stereocenters. The van der Waals surface area contributed by atoms with Crippen molar-refractivity contribution in [2.75, 3.05) is 6.61 Å². The fourth-order valence-corrected chi connectivity index (χ4v) is 3.01. The van der Waals surface area contributed by atoms with Gasteiger partial charge in [-0.25, -0.2) is 9.37 Å². The maximum absolute atomic E-state index is 13.3. The second kappa shape index (κ2) is 6.12. The van der Waals surface area contributed by atoms with Gasteiger partial charge in [-0.3, -0.25) is 0 Å². The number of benzene rings is 1. The molecule has 0 saturated heterocycles. The zero-order valence-corrected chi connectivity index (χ0v) is 12.3. The Bertz CT molecular complexity index is 621. The molecule has 2 aromatic rings. The van der Waals surface area contributed by atoms with Gasteiger partial charge in [0.1, 0.15) is 11.6 Å². The zero-order chi connectivity index (χ0) is 14.8. The van der Waals surface area contributed by atoms with Crippen LogP contribution in [0.3, 0.4) is 0 Å². The highest BCUT2D eigenvalue weighted by Crippen LogP contribution is 2.34. The van der Waals surface area contributed by atoms with E-state index in [-0.39, 0.29) is 12.4 Å². The zero-order valence-electron chi connectivity index (χ0n) is 12.3. The molecule has 1 aromatic carbocycles. The number of aliphatic hydroxyl groups is 1. The van der Waals surface area contributed by atoms with E-state index >= 15 is 0 Å². The third kappa shape index (κ3) is 3.09. The van der Waals surface area contributed by atoms with E-state index in [2.05, 4.69) is 21.8 Å². The second-order valence-corrected chi connectivity index (χ2v) is 5.74. The summed E-state index contributed by atoms with van der Waals surface area (Å²) in [6, 6.07) is 5.11. The molecule has 3 rings (SSSR count). The monoisotopic (exact) mass is 291 g/mol. The normalized spacial score (nSPS) is 16.5. The number of halogens is 1. The molecule has 0 bridgehead atoms. The number of aryl methyl sites for hydroxylation is 1. The number of fused-ring (bicyclic) bond motifs is 1. The van der Waals surface area contributed by atoms with E-state index < -0.39 is 0 Å². The van der Waals surface area contributed by atoms with E-state index in [1.807, 2.05) is 0 Å². The summed E-state index contributed by atoms with van der Waals surface area (Å²) >= 11 is 0. The number of nitrogens with one attached hydrogen (secondary N) is 1. The molecule has 1 aliphatic carbocycles. The first-order chi connectivity index (χ1) is 10.2. The smallest absolute Gasteiger partial charge is 0.125 e. The van der Waals surface area contributed by atoms with Gasteiger partial charge in [0.05, 0.1) is 17.6 Å². The molecule has 0 radical (unpaired) electrons. The number of rotatable bonds is 7. The molecule has 1 saturated carbocycles. The van der Waals surface area contributed by atoms with E-state index in [1.165, 1.54) is 25.0 Å². The standard InChI is InChI=1S/C16H22FN3O/c1-2-20-15-6-5-12(17)9-14(15)19-16(20)10-18-13(7-8-21)11-3-4-11/h5-6,9,11,13,18,21H,2-4,7-8,10H2,1H3/t13-/m0/s1. The van der Waals surface area contributed by atoms with Crippen molar-refractivity contribution < 1.29 is 9.50 Å². The number of nitrogens with zero attached hydrogens (tertiary/aromatic N) is 2. The third-order valence-electron chi connectivity index (χ3n) is 4.26. The van der Waals surface area contributed by atoms with E-state index in [4.69, 9.17) is 5.11 Å². The number of hydrogen-bond acceptors (Lipinski definition) is 3. The molecular formula is C16H22FN3O. The Morgan fingerprint density at radius 1 is 1.48 bits per heavy atom. The SMILES string of the molecule is CCn1c(CN[C@@H](CCO)C2CC2)nc2cc(F)ccc21. The van der Waals surface area contributed by atoms with Gasteiger partial charge in [-0.1, -0.05) is 0 Å². The van der Waals surface area contributed by atoms with Crippen LogP contribution in [-0.4, -0.2) is 27.3 Å². The first-order valence-electron chi connectivity index (χ1n) is 7.71. The van der Waals surface area contributed by atoms with Crippen LogP contribution in [0, 0.1) is 11.7 Å². The summed E-state index contributed by atoms with van der Waals surface area (Å²) in [5.74, 6) is 1.37. The average molecular weight is 291 g/mol. The summed E-state index contributed by atoms with van der Waals surface area (Å²) in [7, 11) is 0. The largest absolute Gasteiger partial charge is 0.396 e. The number of aromatic nitrogens is 2. The fourth-order valence-electron chi connectivity index (χ4n) is 3.01. The van der Waals surface area contributed by atoms with Crippen molar-refractivity contribution in [3.63, 3.8) is 0 Å². The maximum Gasteiger partial charge on any atom is 0.125 e. The molecule has 114 valence electrons. The topological polar surface area (TPSA) is 50.1 Å². The van der Waals surface area contributed by atoms with Gasteiger partial charge < -0.3 is 15.0 Å². The molecular weight excluding hydrogens is 269 g/mol. The predicted molar refractivity (Wildman–Crippen MR) is 80.4 cm³/mol. The summed E-state index contributed by atoms with van der Waals surface area (Å²) in [4.78, 5) is 4.55. The number of imidazole rings is 1. The number of aliphatic hydroxyl groups excluding tert-OH is 1. The lowest BCUT2D eigenvalue weighted by Gasteiger charge is -2.17. The highest BCUT2D eigenvalue weighted by Gasteiger charge is 2.30. The quantitative estimate of drug-likeness (QED) is 0.824. The molecule has 1 heterocycles. The highest BCUT2D eigenvalue weighted by molar-refractivity contribution is 5.76. The van der Waals surface area contributed by atoms with Crippen LogP contribution in [0.25, 0.3) is 11.0 Å². The molecule has 4 nitrogen and oxygen atoms in total. The van der Waals surface area contributed by atoms with Gasteiger partial charge in [-0.05, 0) is 44.2 Å². The first kappa shape index (κ1) is 14.5. The van der Waals surface area contributed by atoms with Crippen molar-refractivity contribution in [1.29, 1.82) is 0 Å². The van der Waals surface area contributed by atoms with Gasteiger partial charge in [0.15, 0.2) is 0 Å². The minimum Gasteiger partial charge on any atom is -0.396 e. The van der Waals surface area contributed by atoms with Crippen LogP contribution in [0.15, 0.2) is 18.2 Å². The van der Waals surface area contributed by atoms with Crippen LogP contribution in [0.5, 0.6) is 0 Å². The highest BCUT2D eigenvalue weighted by atomic mass is 19.1. The Balaban J connectivity index is 1.79. The van der Waals surface area contributed by atoms with Crippen molar-refractivity contribution in [3.05, 3.63) is 29.8 Å². The minimum atomic E-state index is -0.251. The van der Waals surface area contributed by atoms with Gasteiger partial charge in [0.2, 0.25) is 0 Å². The second-order valence-electron chi connectivity index (χ2n) is 5.74. The summed E-state index contributed by atoms with van der Waals surface area (Å²) in [5.41, 5.74) is 1.68. The van der Waals surface area contributed by atoms with Crippen molar-refractivity contribution in [2.24, 2.45) is 5.92 Å². The Labute approximate surface area is 124 Å². The summed E-state index contributed by atoms with van der Waals surface area (Å²) in [5, 5.41) is 12.7. The van der Waals surface area contributed by atoms with Crippen LogP contribution in [-0.2, 0) is 13.1 Å². The van der Waals surface area contributed by atoms with Gasteiger partial charge in [0, 0.05) is 25.3 Å². The van der Waals surface area contributed by atoms with Crippen LogP contribution in [0.1, 0.15) is 32.0 Å². The first-order valence-corrected chi connectivity index (χ1v) is 7.71. The van der Waals surface area contributed by atoms with Crippen LogP contribution in [0.2, 0.25) is 0 Å². The predicted octanol–water partition coefficient (Wildman–Crippen LogP) is 2.45. The van der Waals surface area contributed by atoms with Crippen LogP contribution >= 0.6 is 0 Å². The molecule has 1 aliphatic rings. The average Bonchev–Trinajstić information content (AvgIpc) is 3.25. The lowest BCUT2D eigenvalue weighted by molar-refractivity contribution is 0.255. The van der Waals surface area contributed by atoms with Gasteiger partial charge in [-0.2, -0.15) is 0 Å². The molecule has 21 heavy (non-hydrogen) atoms. The fraction of sp³-hybridized carbons (Fsp3) is 0.562. The molecule has 2 N–H and O–H groups in total.